The monoisotopic (exact) mass is 576 g/mol. The molecule has 1 aliphatic rings. The van der Waals surface area contributed by atoms with Crippen LogP contribution in [-0.4, -0.2) is 84.7 Å². The van der Waals surface area contributed by atoms with Gasteiger partial charge in [0.05, 0.1) is 25.8 Å². The number of ether oxygens (including phenoxy) is 1. The summed E-state index contributed by atoms with van der Waals surface area (Å²) in [6.45, 7) is 0.344. The van der Waals surface area contributed by atoms with E-state index in [1.54, 1.807) is 30.3 Å². The highest BCUT2D eigenvalue weighted by Crippen LogP contribution is 2.32. The number of nitrogens with one attached hydrogen (secondary N) is 3. The molecule has 4 unspecified atom stereocenters. The number of fused-ring (bicyclic) bond motifs is 1. The standard InChI is InChI=1S/C28H32N8O6/c29-8-9-30-21(38)12-17-2-1-3-19(10-17)34-22(39)11-16-4-6-18(7-5-16)35-26-23-27(32-14-31-26)36(15-33-23)28-25(41)24(40)20(13-37)42-28/h1-7,10,14-15,20,24-25,28,37,40-41H,8-9,11-13,29H2,(H,30,38)(H,34,39)(H,31,32,35). The van der Waals surface area contributed by atoms with E-state index in [0.29, 0.717) is 41.4 Å². The number of aliphatic hydroxyl groups excluding tert-OH is 3. The molecular weight excluding hydrogens is 544 g/mol. The van der Waals surface area contributed by atoms with E-state index < -0.39 is 31.1 Å². The summed E-state index contributed by atoms with van der Waals surface area (Å²) in [6.07, 6.45) is -1.31. The highest BCUT2D eigenvalue weighted by Gasteiger charge is 2.44. The van der Waals surface area contributed by atoms with Gasteiger partial charge in [0.1, 0.15) is 24.6 Å². The second-order valence-corrected chi connectivity index (χ2v) is 9.84. The van der Waals surface area contributed by atoms with Gasteiger partial charge in [-0.1, -0.05) is 24.3 Å². The van der Waals surface area contributed by atoms with Crippen LogP contribution in [0.15, 0.2) is 61.2 Å². The fourth-order valence-corrected chi connectivity index (χ4v) is 4.69. The third kappa shape index (κ3) is 6.53. The van der Waals surface area contributed by atoms with E-state index >= 15 is 0 Å². The maximum Gasteiger partial charge on any atom is 0.228 e. The summed E-state index contributed by atoms with van der Waals surface area (Å²) in [6, 6.07) is 14.4. The third-order valence-electron chi connectivity index (χ3n) is 6.77. The van der Waals surface area contributed by atoms with Gasteiger partial charge in [0.2, 0.25) is 11.8 Å². The van der Waals surface area contributed by atoms with Crippen LogP contribution in [-0.2, 0) is 27.2 Å². The number of benzene rings is 2. The Morgan fingerprint density at radius 1 is 0.952 bits per heavy atom. The fraction of sp³-hybridized carbons (Fsp3) is 0.321. The molecule has 0 aliphatic carbocycles. The topological polar surface area (TPSA) is 210 Å². The van der Waals surface area contributed by atoms with Crippen LogP contribution in [0.5, 0.6) is 0 Å². The van der Waals surface area contributed by atoms with Gasteiger partial charge in [-0.2, -0.15) is 0 Å². The van der Waals surface area contributed by atoms with E-state index in [1.807, 2.05) is 18.2 Å². The number of rotatable bonds is 11. The number of aromatic nitrogens is 4. The lowest BCUT2D eigenvalue weighted by Crippen LogP contribution is -2.33. The molecule has 14 nitrogen and oxygen atoms in total. The zero-order valence-corrected chi connectivity index (χ0v) is 22.6. The highest BCUT2D eigenvalue weighted by atomic mass is 16.6. The normalized spacial score (nSPS) is 20.0. The summed E-state index contributed by atoms with van der Waals surface area (Å²) in [5.74, 6) is 0.0762. The Balaban J connectivity index is 1.20. The van der Waals surface area contributed by atoms with Crippen LogP contribution in [0.3, 0.4) is 0 Å². The van der Waals surface area contributed by atoms with Crippen LogP contribution in [0.25, 0.3) is 11.2 Å². The molecule has 220 valence electrons. The van der Waals surface area contributed by atoms with Crippen molar-refractivity contribution < 1.29 is 29.6 Å². The molecule has 3 heterocycles. The Bertz CT molecular complexity index is 1550. The summed E-state index contributed by atoms with van der Waals surface area (Å²) in [7, 11) is 0. The van der Waals surface area contributed by atoms with E-state index in [-0.39, 0.29) is 24.7 Å². The van der Waals surface area contributed by atoms with Gasteiger partial charge < -0.3 is 41.7 Å². The Morgan fingerprint density at radius 2 is 1.74 bits per heavy atom. The van der Waals surface area contributed by atoms with Gasteiger partial charge in [-0.05, 0) is 35.4 Å². The Hall–Kier alpha value is -4.47. The van der Waals surface area contributed by atoms with Gasteiger partial charge in [-0.3, -0.25) is 14.2 Å². The smallest absolute Gasteiger partial charge is 0.228 e. The van der Waals surface area contributed by atoms with Crippen LogP contribution in [0.2, 0.25) is 0 Å². The Kier molecular flexibility index (Phi) is 9.00. The molecule has 1 saturated heterocycles. The second kappa shape index (κ2) is 13.0. The predicted molar refractivity (Wildman–Crippen MR) is 153 cm³/mol. The minimum Gasteiger partial charge on any atom is -0.394 e. The third-order valence-corrected chi connectivity index (χ3v) is 6.77. The van der Waals surface area contributed by atoms with Crippen LogP contribution in [0, 0.1) is 0 Å². The number of imidazole rings is 1. The van der Waals surface area contributed by atoms with Gasteiger partial charge in [-0.25, -0.2) is 15.0 Å². The lowest BCUT2D eigenvalue weighted by Gasteiger charge is -2.16. The molecule has 0 radical (unpaired) electrons. The minimum absolute atomic E-state index is 0.133. The van der Waals surface area contributed by atoms with Crippen molar-refractivity contribution in [2.45, 2.75) is 37.4 Å². The molecule has 4 aromatic rings. The van der Waals surface area contributed by atoms with Crippen molar-refractivity contribution in [2.75, 3.05) is 30.3 Å². The summed E-state index contributed by atoms with van der Waals surface area (Å²) in [5, 5.41) is 38.7. The number of hydrogen-bond acceptors (Lipinski definition) is 11. The number of aliphatic hydroxyl groups is 3. The van der Waals surface area contributed by atoms with Crippen LogP contribution in [0.4, 0.5) is 17.2 Å². The van der Waals surface area contributed by atoms with Crippen molar-refractivity contribution in [3.05, 3.63) is 72.3 Å². The van der Waals surface area contributed by atoms with Crippen LogP contribution in [0.1, 0.15) is 17.4 Å². The first-order valence-corrected chi connectivity index (χ1v) is 13.4. The lowest BCUT2D eigenvalue weighted by atomic mass is 10.1. The number of carbonyl (C=O) groups is 2. The van der Waals surface area contributed by atoms with Gasteiger partial charge in [0.25, 0.3) is 0 Å². The molecule has 2 aromatic carbocycles. The molecular formula is C28H32N8O6. The lowest BCUT2D eigenvalue weighted by molar-refractivity contribution is -0.120. The first-order chi connectivity index (χ1) is 20.4. The van der Waals surface area contributed by atoms with E-state index in [4.69, 9.17) is 10.5 Å². The minimum atomic E-state index is -1.27. The Labute approximate surface area is 240 Å². The molecule has 14 heteroatoms. The Morgan fingerprint density at radius 3 is 2.48 bits per heavy atom. The van der Waals surface area contributed by atoms with Crippen molar-refractivity contribution in [3.63, 3.8) is 0 Å². The molecule has 0 bridgehead atoms. The van der Waals surface area contributed by atoms with E-state index in [9.17, 15) is 24.9 Å². The maximum atomic E-state index is 12.7. The van der Waals surface area contributed by atoms with Crippen molar-refractivity contribution in [1.82, 2.24) is 24.8 Å². The predicted octanol–water partition coefficient (Wildman–Crippen LogP) is -0.0200. The zero-order valence-electron chi connectivity index (χ0n) is 22.6. The molecule has 2 aromatic heterocycles. The SMILES string of the molecule is NCCNC(=O)Cc1cccc(NC(=O)Cc2ccc(Nc3ncnc4c3ncn4C3OC(CO)C(O)C3O)cc2)c1. The first kappa shape index (κ1) is 29.0. The maximum absolute atomic E-state index is 12.7. The van der Waals surface area contributed by atoms with Crippen molar-refractivity contribution in [3.8, 4) is 0 Å². The number of carbonyl (C=O) groups excluding carboxylic acids is 2. The summed E-state index contributed by atoms with van der Waals surface area (Å²) in [5.41, 5.74) is 9.07. The summed E-state index contributed by atoms with van der Waals surface area (Å²) in [4.78, 5) is 37.5. The molecule has 4 atom stereocenters. The summed E-state index contributed by atoms with van der Waals surface area (Å²) < 4.78 is 7.09. The summed E-state index contributed by atoms with van der Waals surface area (Å²) >= 11 is 0. The molecule has 1 fully saturated rings. The second-order valence-electron chi connectivity index (χ2n) is 9.84. The van der Waals surface area contributed by atoms with E-state index in [2.05, 4.69) is 30.9 Å². The van der Waals surface area contributed by atoms with Crippen molar-refractivity contribution >= 4 is 40.2 Å². The van der Waals surface area contributed by atoms with Gasteiger partial charge in [0.15, 0.2) is 23.2 Å². The van der Waals surface area contributed by atoms with E-state index in [0.717, 1.165) is 11.1 Å². The number of amides is 2. The molecule has 2 amide bonds. The highest BCUT2D eigenvalue weighted by molar-refractivity contribution is 5.92. The van der Waals surface area contributed by atoms with E-state index in [1.165, 1.54) is 17.2 Å². The van der Waals surface area contributed by atoms with Gasteiger partial charge >= 0.3 is 0 Å². The largest absolute Gasteiger partial charge is 0.394 e. The quantitative estimate of drug-likeness (QED) is 0.126. The molecule has 1 aliphatic heterocycles. The van der Waals surface area contributed by atoms with Crippen LogP contribution >= 0.6 is 0 Å². The number of hydrogen-bond donors (Lipinski definition) is 7. The van der Waals surface area contributed by atoms with Gasteiger partial charge in [-0.15, -0.1) is 0 Å². The molecule has 42 heavy (non-hydrogen) atoms. The van der Waals surface area contributed by atoms with Crippen LogP contribution < -0.4 is 21.7 Å². The van der Waals surface area contributed by atoms with Gasteiger partial charge in [0, 0.05) is 24.5 Å². The number of nitrogens with zero attached hydrogens (tertiary/aromatic N) is 4. The fourth-order valence-electron chi connectivity index (χ4n) is 4.69. The van der Waals surface area contributed by atoms with Crippen molar-refractivity contribution in [1.29, 1.82) is 0 Å². The molecule has 8 N–H and O–H groups in total. The molecule has 5 rings (SSSR count). The zero-order chi connectivity index (χ0) is 29.6. The number of anilines is 3. The van der Waals surface area contributed by atoms with Crippen molar-refractivity contribution in [2.24, 2.45) is 5.73 Å². The number of nitrogens with two attached hydrogens (primary N) is 1. The average molecular weight is 577 g/mol. The average Bonchev–Trinajstić information content (AvgIpc) is 3.54. The first-order valence-electron chi connectivity index (χ1n) is 13.4. The molecule has 0 spiro atoms. The molecule has 0 saturated carbocycles.